The highest BCUT2D eigenvalue weighted by molar-refractivity contribution is 5.77. The summed E-state index contributed by atoms with van der Waals surface area (Å²) in [7, 11) is 0. The molecule has 0 unspecified atom stereocenters. The van der Waals surface area contributed by atoms with Crippen LogP contribution in [-0.2, 0) is 14.3 Å². The topological polar surface area (TPSA) is 84.7 Å². The Morgan fingerprint density at radius 2 is 2.00 bits per heavy atom. The Balaban J connectivity index is 2.18. The Labute approximate surface area is 108 Å². The van der Waals surface area contributed by atoms with E-state index in [0.717, 1.165) is 25.9 Å². The zero-order chi connectivity index (χ0) is 13.5. The third-order valence-electron chi connectivity index (χ3n) is 2.88. The van der Waals surface area contributed by atoms with Gasteiger partial charge in [-0.2, -0.15) is 0 Å². The van der Waals surface area contributed by atoms with Crippen molar-refractivity contribution in [2.45, 2.75) is 38.8 Å². The molecule has 0 atom stereocenters. The van der Waals surface area contributed by atoms with E-state index in [-0.39, 0.29) is 30.6 Å². The van der Waals surface area contributed by atoms with Crippen LogP contribution in [0.3, 0.4) is 0 Å². The number of amides is 2. The van der Waals surface area contributed by atoms with Gasteiger partial charge in [0.05, 0.1) is 12.6 Å². The second kappa shape index (κ2) is 7.33. The van der Waals surface area contributed by atoms with E-state index >= 15 is 0 Å². The number of piperidine rings is 1. The van der Waals surface area contributed by atoms with Gasteiger partial charge in [0.1, 0.15) is 6.61 Å². The largest absolute Gasteiger partial charge is 0.369 e. The highest BCUT2D eigenvalue weighted by atomic mass is 16.5. The van der Waals surface area contributed by atoms with E-state index in [1.54, 1.807) is 0 Å². The molecule has 3 N–H and O–H groups in total. The molecule has 104 valence electrons. The first-order valence-corrected chi connectivity index (χ1v) is 6.39. The van der Waals surface area contributed by atoms with Gasteiger partial charge < -0.3 is 15.8 Å². The molecule has 0 aliphatic carbocycles. The molecule has 0 spiro atoms. The van der Waals surface area contributed by atoms with Gasteiger partial charge in [0, 0.05) is 19.1 Å². The fraction of sp³-hybridized carbons (Fsp3) is 0.833. The molecule has 6 nitrogen and oxygen atoms in total. The Morgan fingerprint density at radius 3 is 2.50 bits per heavy atom. The van der Waals surface area contributed by atoms with Gasteiger partial charge in [0.25, 0.3) is 0 Å². The van der Waals surface area contributed by atoms with Crippen LogP contribution in [0.25, 0.3) is 0 Å². The van der Waals surface area contributed by atoms with Crippen molar-refractivity contribution in [2.24, 2.45) is 5.73 Å². The van der Waals surface area contributed by atoms with Crippen LogP contribution in [0.1, 0.15) is 26.7 Å². The predicted octanol–water partition coefficient (Wildman–Crippen LogP) is -0.523. The zero-order valence-corrected chi connectivity index (χ0v) is 11.1. The number of nitrogens with two attached hydrogens (primary N) is 1. The summed E-state index contributed by atoms with van der Waals surface area (Å²) in [5.74, 6) is -0.375. The maximum Gasteiger partial charge on any atom is 0.246 e. The van der Waals surface area contributed by atoms with Crippen LogP contribution >= 0.6 is 0 Å². The van der Waals surface area contributed by atoms with E-state index in [2.05, 4.69) is 5.32 Å². The van der Waals surface area contributed by atoms with Crippen molar-refractivity contribution in [3.8, 4) is 0 Å². The number of hydrogen-bond donors (Lipinski definition) is 2. The van der Waals surface area contributed by atoms with Gasteiger partial charge in [-0.15, -0.1) is 0 Å². The highest BCUT2D eigenvalue weighted by Gasteiger charge is 2.21. The van der Waals surface area contributed by atoms with Crippen LogP contribution in [0.2, 0.25) is 0 Å². The Morgan fingerprint density at radius 1 is 1.39 bits per heavy atom. The second-order valence-corrected chi connectivity index (χ2v) is 4.94. The summed E-state index contributed by atoms with van der Waals surface area (Å²) < 4.78 is 5.24. The van der Waals surface area contributed by atoms with Crippen molar-refractivity contribution in [3.05, 3.63) is 0 Å². The third kappa shape index (κ3) is 5.97. The van der Waals surface area contributed by atoms with Crippen LogP contribution in [0, 0.1) is 0 Å². The highest BCUT2D eigenvalue weighted by Crippen LogP contribution is 2.09. The number of ether oxygens (including phenoxy) is 1. The monoisotopic (exact) mass is 257 g/mol. The molecule has 1 fully saturated rings. The minimum Gasteiger partial charge on any atom is -0.369 e. The summed E-state index contributed by atoms with van der Waals surface area (Å²) in [6.45, 7) is 5.79. The Bertz CT molecular complexity index is 286. The molecule has 1 heterocycles. The number of nitrogens with zero attached hydrogens (tertiary/aromatic N) is 1. The molecule has 1 aliphatic rings. The van der Waals surface area contributed by atoms with Gasteiger partial charge in [0.15, 0.2) is 0 Å². The average Bonchev–Trinajstić information content (AvgIpc) is 2.28. The lowest BCUT2D eigenvalue weighted by Crippen LogP contribution is -2.47. The number of primary amides is 1. The van der Waals surface area contributed by atoms with Gasteiger partial charge in [0.2, 0.25) is 11.8 Å². The molecular weight excluding hydrogens is 234 g/mol. The maximum absolute atomic E-state index is 11.6. The number of carbonyl (C=O) groups excluding carboxylic acids is 2. The van der Waals surface area contributed by atoms with Crippen molar-refractivity contribution in [2.75, 3.05) is 26.2 Å². The SMILES string of the molecule is CC(C)OCC(=O)NC1CCN(CC(N)=O)CC1. The Kier molecular flexibility index (Phi) is 6.07. The lowest BCUT2D eigenvalue weighted by atomic mass is 10.1. The van der Waals surface area contributed by atoms with Crippen LogP contribution < -0.4 is 11.1 Å². The molecule has 0 aromatic carbocycles. The van der Waals surface area contributed by atoms with E-state index in [0.29, 0.717) is 6.54 Å². The Hall–Kier alpha value is -1.14. The molecule has 0 radical (unpaired) electrons. The number of nitrogens with one attached hydrogen (secondary N) is 1. The molecule has 1 saturated heterocycles. The summed E-state index contributed by atoms with van der Waals surface area (Å²) >= 11 is 0. The quantitative estimate of drug-likeness (QED) is 0.670. The van der Waals surface area contributed by atoms with Gasteiger partial charge in [-0.3, -0.25) is 14.5 Å². The predicted molar refractivity (Wildman–Crippen MR) is 67.9 cm³/mol. The average molecular weight is 257 g/mol. The fourth-order valence-electron chi connectivity index (χ4n) is 1.97. The lowest BCUT2D eigenvalue weighted by Gasteiger charge is -2.31. The molecule has 0 aromatic rings. The molecule has 1 aliphatic heterocycles. The standard InChI is InChI=1S/C12H23N3O3/c1-9(2)18-8-12(17)14-10-3-5-15(6-4-10)7-11(13)16/h9-10H,3-8H2,1-2H3,(H2,13,16)(H,14,17). The third-order valence-corrected chi connectivity index (χ3v) is 2.88. The first-order valence-electron chi connectivity index (χ1n) is 6.39. The van der Waals surface area contributed by atoms with Crippen molar-refractivity contribution in [3.63, 3.8) is 0 Å². The second-order valence-electron chi connectivity index (χ2n) is 4.94. The minimum atomic E-state index is -0.303. The van der Waals surface area contributed by atoms with Crippen molar-refractivity contribution < 1.29 is 14.3 Å². The molecule has 2 amide bonds. The van der Waals surface area contributed by atoms with E-state index in [9.17, 15) is 9.59 Å². The molecule has 0 bridgehead atoms. The molecule has 18 heavy (non-hydrogen) atoms. The summed E-state index contributed by atoms with van der Waals surface area (Å²) in [5, 5.41) is 2.94. The van der Waals surface area contributed by atoms with Gasteiger partial charge in [-0.25, -0.2) is 0 Å². The van der Waals surface area contributed by atoms with Crippen molar-refractivity contribution in [1.29, 1.82) is 0 Å². The van der Waals surface area contributed by atoms with Gasteiger partial charge in [-0.1, -0.05) is 0 Å². The first-order chi connectivity index (χ1) is 8.47. The smallest absolute Gasteiger partial charge is 0.246 e. The number of carbonyl (C=O) groups is 2. The fourth-order valence-corrected chi connectivity index (χ4v) is 1.97. The normalized spacial score (nSPS) is 17.9. The minimum absolute atomic E-state index is 0.0631. The summed E-state index contributed by atoms with van der Waals surface area (Å²) in [4.78, 5) is 24.3. The molecule has 0 saturated carbocycles. The maximum atomic E-state index is 11.6. The molecular formula is C12H23N3O3. The van der Waals surface area contributed by atoms with E-state index < -0.39 is 0 Å². The summed E-state index contributed by atoms with van der Waals surface area (Å²) in [5.41, 5.74) is 5.14. The zero-order valence-electron chi connectivity index (χ0n) is 11.1. The van der Waals surface area contributed by atoms with Crippen molar-refractivity contribution in [1.82, 2.24) is 10.2 Å². The number of likely N-dealkylation sites (tertiary alicyclic amines) is 1. The van der Waals surface area contributed by atoms with E-state index in [1.807, 2.05) is 18.7 Å². The van der Waals surface area contributed by atoms with Crippen LogP contribution in [0.15, 0.2) is 0 Å². The van der Waals surface area contributed by atoms with Crippen LogP contribution in [0.5, 0.6) is 0 Å². The molecule has 0 aromatic heterocycles. The summed E-state index contributed by atoms with van der Waals surface area (Å²) in [6.07, 6.45) is 1.76. The molecule has 1 rings (SSSR count). The van der Waals surface area contributed by atoms with Crippen molar-refractivity contribution >= 4 is 11.8 Å². The molecule has 6 heteroatoms. The van der Waals surface area contributed by atoms with E-state index in [1.165, 1.54) is 0 Å². The first kappa shape index (κ1) is 14.9. The van der Waals surface area contributed by atoms with Crippen LogP contribution in [0.4, 0.5) is 0 Å². The number of hydrogen-bond acceptors (Lipinski definition) is 4. The van der Waals surface area contributed by atoms with Crippen LogP contribution in [-0.4, -0.2) is 55.1 Å². The van der Waals surface area contributed by atoms with Gasteiger partial charge in [-0.05, 0) is 26.7 Å². The number of rotatable bonds is 6. The van der Waals surface area contributed by atoms with Gasteiger partial charge >= 0.3 is 0 Å². The van der Waals surface area contributed by atoms with E-state index in [4.69, 9.17) is 10.5 Å². The lowest BCUT2D eigenvalue weighted by molar-refractivity contribution is -0.128. The summed E-state index contributed by atoms with van der Waals surface area (Å²) in [6, 6.07) is 0.178.